The summed E-state index contributed by atoms with van der Waals surface area (Å²) < 4.78 is 16.7. The van der Waals surface area contributed by atoms with Crippen LogP contribution in [0.3, 0.4) is 0 Å². The van der Waals surface area contributed by atoms with E-state index >= 15 is 0 Å². The lowest BCUT2D eigenvalue weighted by atomic mass is 10.1. The molecule has 0 heterocycles. The van der Waals surface area contributed by atoms with Gasteiger partial charge in [0.1, 0.15) is 13.2 Å². The molecule has 0 fully saturated rings. The van der Waals surface area contributed by atoms with Gasteiger partial charge in [-0.2, -0.15) is 0 Å². The van der Waals surface area contributed by atoms with Crippen LogP contribution in [0.1, 0.15) is 226 Å². The summed E-state index contributed by atoms with van der Waals surface area (Å²) in [6.07, 6.45) is 66.7. The van der Waals surface area contributed by atoms with Crippen molar-refractivity contribution < 1.29 is 28.6 Å². The third kappa shape index (κ3) is 49.2. The van der Waals surface area contributed by atoms with Gasteiger partial charge in [-0.25, -0.2) is 0 Å². The van der Waals surface area contributed by atoms with E-state index in [1.54, 1.807) is 0 Å². The lowest BCUT2D eigenvalue weighted by molar-refractivity contribution is -0.167. The molecule has 6 nitrogen and oxygen atoms in total. The van der Waals surface area contributed by atoms with Crippen LogP contribution in [0.25, 0.3) is 0 Å². The Bertz CT molecular complexity index is 1280. The third-order valence-corrected chi connectivity index (χ3v) is 10.6. The van der Waals surface area contributed by atoms with Crippen LogP contribution in [0, 0.1) is 0 Å². The Balaban J connectivity index is 4.50. The molecule has 0 N–H and O–H groups in total. The van der Waals surface area contributed by atoms with Crippen LogP contribution in [0.15, 0.2) is 97.2 Å². The quantitative estimate of drug-likeness (QED) is 0.0262. The molecule has 0 amide bonds. The van der Waals surface area contributed by atoms with E-state index in [2.05, 4.69) is 118 Å². The van der Waals surface area contributed by atoms with E-state index in [4.69, 9.17) is 14.2 Å². The average Bonchev–Trinajstić information content (AvgIpc) is 3.28. The molecule has 6 heteroatoms. The fraction of sp³-hybridized carbons (Fsp3) is 0.667. The molecule has 0 unspecified atom stereocenters. The standard InChI is InChI=1S/C57H94O6/c1-4-7-10-13-16-19-22-25-28-31-34-37-40-43-46-49-55(58)61-52-54(63-57(60)51-48-45-42-39-36-33-30-27-24-21-18-15-12-9-6-3)53-62-56(59)50-47-44-41-38-35-32-29-26-23-20-17-14-11-8-5-2/h7,9-10,12,16,18-21,23,25,27-28,30,36,39,54H,4-6,8,11,13-15,17,22,24,26,29,31-35,37-38,40-53H2,1-3H3/b10-7-,12-9-,19-16-,21-18-,23-20-,28-25-,30-27-,39-36-/t54-/m1/s1. The molecule has 0 aliphatic rings. The normalized spacial score (nSPS) is 12.9. The highest BCUT2D eigenvalue weighted by atomic mass is 16.6. The number of esters is 3. The lowest BCUT2D eigenvalue weighted by Crippen LogP contribution is -2.30. The zero-order valence-electron chi connectivity index (χ0n) is 40.8. The molecule has 0 aromatic heterocycles. The van der Waals surface area contributed by atoms with Crippen molar-refractivity contribution in [1.82, 2.24) is 0 Å². The summed E-state index contributed by atoms with van der Waals surface area (Å²) in [5.41, 5.74) is 0. The Labute approximate surface area is 387 Å². The number of ether oxygens (including phenoxy) is 3. The van der Waals surface area contributed by atoms with Crippen molar-refractivity contribution in [3.63, 3.8) is 0 Å². The first-order valence-corrected chi connectivity index (χ1v) is 25.7. The van der Waals surface area contributed by atoms with Gasteiger partial charge in [0, 0.05) is 19.3 Å². The second-order valence-electron chi connectivity index (χ2n) is 16.7. The Morgan fingerprint density at radius 3 is 1.02 bits per heavy atom. The van der Waals surface area contributed by atoms with Gasteiger partial charge in [-0.1, -0.05) is 189 Å². The Morgan fingerprint density at radius 2 is 0.619 bits per heavy atom. The number of hydrogen-bond acceptors (Lipinski definition) is 6. The largest absolute Gasteiger partial charge is 0.462 e. The third-order valence-electron chi connectivity index (χ3n) is 10.6. The number of rotatable bonds is 45. The fourth-order valence-electron chi connectivity index (χ4n) is 6.73. The maximum Gasteiger partial charge on any atom is 0.306 e. The zero-order valence-corrected chi connectivity index (χ0v) is 40.8. The maximum absolute atomic E-state index is 12.8. The van der Waals surface area contributed by atoms with Crippen LogP contribution in [0.2, 0.25) is 0 Å². The first-order valence-electron chi connectivity index (χ1n) is 25.7. The monoisotopic (exact) mass is 875 g/mol. The van der Waals surface area contributed by atoms with Crippen LogP contribution in [-0.2, 0) is 28.6 Å². The predicted molar refractivity (Wildman–Crippen MR) is 270 cm³/mol. The van der Waals surface area contributed by atoms with Gasteiger partial charge in [-0.15, -0.1) is 0 Å². The van der Waals surface area contributed by atoms with Gasteiger partial charge in [0.05, 0.1) is 0 Å². The molecule has 0 bridgehead atoms. The van der Waals surface area contributed by atoms with Crippen LogP contribution in [0.5, 0.6) is 0 Å². The van der Waals surface area contributed by atoms with Crippen LogP contribution < -0.4 is 0 Å². The number of carbonyl (C=O) groups is 3. The van der Waals surface area contributed by atoms with E-state index in [0.717, 1.165) is 116 Å². The highest BCUT2D eigenvalue weighted by molar-refractivity contribution is 5.71. The summed E-state index contributed by atoms with van der Waals surface area (Å²) in [5.74, 6) is -0.970. The molecule has 0 aromatic carbocycles. The van der Waals surface area contributed by atoms with Gasteiger partial charge < -0.3 is 14.2 Å². The molecule has 63 heavy (non-hydrogen) atoms. The topological polar surface area (TPSA) is 78.9 Å². The van der Waals surface area contributed by atoms with Gasteiger partial charge >= 0.3 is 17.9 Å². The van der Waals surface area contributed by atoms with E-state index in [-0.39, 0.29) is 37.5 Å². The first-order chi connectivity index (χ1) is 31.0. The number of unbranched alkanes of at least 4 members (excludes halogenated alkanes) is 18. The zero-order chi connectivity index (χ0) is 45.8. The molecule has 0 aliphatic carbocycles. The molecule has 0 saturated heterocycles. The van der Waals surface area contributed by atoms with Crippen molar-refractivity contribution in [3.8, 4) is 0 Å². The second-order valence-corrected chi connectivity index (χ2v) is 16.7. The average molecular weight is 875 g/mol. The minimum Gasteiger partial charge on any atom is -0.462 e. The minimum atomic E-state index is -0.808. The Morgan fingerprint density at radius 1 is 0.333 bits per heavy atom. The molecule has 0 aliphatic heterocycles. The number of allylic oxidation sites excluding steroid dienone is 16. The van der Waals surface area contributed by atoms with Crippen molar-refractivity contribution in [1.29, 1.82) is 0 Å². The first kappa shape index (κ1) is 59.3. The molecule has 0 radical (unpaired) electrons. The molecular formula is C57H94O6. The molecule has 0 spiro atoms. The highest BCUT2D eigenvalue weighted by Gasteiger charge is 2.19. The lowest BCUT2D eigenvalue weighted by Gasteiger charge is -2.18. The summed E-state index contributed by atoms with van der Waals surface area (Å²) in [6, 6.07) is 0. The number of hydrogen-bond donors (Lipinski definition) is 0. The summed E-state index contributed by atoms with van der Waals surface area (Å²) in [6.45, 7) is 6.34. The van der Waals surface area contributed by atoms with Crippen molar-refractivity contribution >= 4 is 17.9 Å². The second kappa shape index (κ2) is 51.0. The van der Waals surface area contributed by atoms with Crippen molar-refractivity contribution in [2.45, 2.75) is 232 Å². The summed E-state index contributed by atoms with van der Waals surface area (Å²) in [4.78, 5) is 38.0. The Hall–Kier alpha value is -3.67. The summed E-state index contributed by atoms with van der Waals surface area (Å²) >= 11 is 0. The van der Waals surface area contributed by atoms with E-state index in [1.165, 1.54) is 64.2 Å². The predicted octanol–water partition coefficient (Wildman–Crippen LogP) is 17.0. The fourth-order valence-corrected chi connectivity index (χ4v) is 6.73. The van der Waals surface area contributed by atoms with E-state index < -0.39 is 6.10 Å². The van der Waals surface area contributed by atoms with Crippen LogP contribution in [-0.4, -0.2) is 37.2 Å². The number of carbonyl (C=O) groups excluding carboxylic acids is 3. The van der Waals surface area contributed by atoms with Crippen LogP contribution >= 0.6 is 0 Å². The molecule has 0 aromatic rings. The van der Waals surface area contributed by atoms with Gasteiger partial charge in [-0.05, 0) is 116 Å². The van der Waals surface area contributed by atoms with Crippen molar-refractivity contribution in [2.24, 2.45) is 0 Å². The highest BCUT2D eigenvalue weighted by Crippen LogP contribution is 2.13. The van der Waals surface area contributed by atoms with Gasteiger partial charge in [-0.3, -0.25) is 14.4 Å². The van der Waals surface area contributed by atoms with Gasteiger partial charge in [0.15, 0.2) is 6.10 Å². The van der Waals surface area contributed by atoms with Crippen LogP contribution in [0.4, 0.5) is 0 Å². The summed E-state index contributed by atoms with van der Waals surface area (Å²) in [5, 5.41) is 0. The minimum absolute atomic E-state index is 0.103. The molecule has 0 rings (SSSR count). The van der Waals surface area contributed by atoms with E-state index in [1.807, 2.05) is 0 Å². The van der Waals surface area contributed by atoms with Gasteiger partial charge in [0.25, 0.3) is 0 Å². The molecule has 0 saturated carbocycles. The molecule has 1 atom stereocenters. The molecule has 358 valence electrons. The summed E-state index contributed by atoms with van der Waals surface area (Å²) in [7, 11) is 0. The van der Waals surface area contributed by atoms with Crippen molar-refractivity contribution in [2.75, 3.05) is 13.2 Å². The SMILES string of the molecule is CC/C=C\C/C=C\C/C=C\C/C=C\CCCCC(=O)O[C@H](COC(=O)CCCCCCC/C=C\C/C=C\C/C=C\CC)COC(=O)CCCCCCCCC/C=C\CCCCCC. The van der Waals surface area contributed by atoms with Crippen molar-refractivity contribution in [3.05, 3.63) is 97.2 Å². The van der Waals surface area contributed by atoms with Gasteiger partial charge in [0.2, 0.25) is 0 Å². The Kier molecular flexibility index (Phi) is 48.0. The van der Waals surface area contributed by atoms with E-state index in [0.29, 0.717) is 19.3 Å². The smallest absolute Gasteiger partial charge is 0.306 e. The maximum atomic E-state index is 12.8. The molecular weight excluding hydrogens is 781 g/mol. The van der Waals surface area contributed by atoms with E-state index in [9.17, 15) is 14.4 Å².